The highest BCUT2D eigenvalue weighted by molar-refractivity contribution is 8.10. The Morgan fingerprint density at radius 3 is 2.37 bits per heavy atom. The van der Waals surface area contributed by atoms with Crippen molar-refractivity contribution in [2.45, 2.75) is 12.2 Å². The predicted molar refractivity (Wildman–Crippen MR) is 137 cm³/mol. The second-order valence-corrected chi connectivity index (χ2v) is 9.35. The van der Waals surface area contributed by atoms with E-state index >= 15 is 0 Å². The number of esters is 2. The molecule has 0 saturated heterocycles. The van der Waals surface area contributed by atoms with Crippen molar-refractivity contribution in [1.29, 1.82) is 0 Å². The normalized spacial score (nSPS) is 15.7. The minimum atomic E-state index is -0.932. The number of carbonyl (C=O) groups is 3. The molecule has 0 amide bonds. The van der Waals surface area contributed by atoms with Gasteiger partial charge < -0.3 is 15.2 Å². The lowest BCUT2D eigenvalue weighted by Gasteiger charge is -2.24. The maximum atomic E-state index is 13.9. The number of hydrogen-bond acceptors (Lipinski definition) is 7. The first-order chi connectivity index (χ1) is 16.8. The Hall–Kier alpha value is -3.20. The maximum Gasteiger partial charge on any atom is 0.357 e. The van der Waals surface area contributed by atoms with E-state index in [2.05, 4.69) is 0 Å². The number of nitrogens with two attached hydrogens (primary N) is 1. The van der Waals surface area contributed by atoms with Crippen molar-refractivity contribution in [3.8, 4) is 0 Å². The van der Waals surface area contributed by atoms with Crippen molar-refractivity contribution in [2.75, 3.05) is 19.5 Å². The lowest BCUT2D eigenvalue weighted by molar-refractivity contribution is -0.133. The number of methoxy groups -OCH3 is 1. The third kappa shape index (κ3) is 4.45. The van der Waals surface area contributed by atoms with Crippen molar-refractivity contribution in [1.82, 2.24) is 4.57 Å². The van der Waals surface area contributed by atoms with Gasteiger partial charge in [-0.25, -0.2) is 9.59 Å². The minimum absolute atomic E-state index is 0.0199. The molecule has 4 rings (SSSR count). The number of anilines is 1. The van der Waals surface area contributed by atoms with Crippen molar-refractivity contribution < 1.29 is 23.9 Å². The summed E-state index contributed by atoms with van der Waals surface area (Å²) < 4.78 is 11.4. The molecule has 0 saturated carbocycles. The highest BCUT2D eigenvalue weighted by Crippen LogP contribution is 2.42. The highest BCUT2D eigenvalue weighted by Gasteiger charge is 2.39. The van der Waals surface area contributed by atoms with Crippen LogP contribution in [0, 0.1) is 0 Å². The van der Waals surface area contributed by atoms with Gasteiger partial charge in [-0.3, -0.25) is 9.36 Å². The van der Waals surface area contributed by atoms with Crippen LogP contribution in [0.4, 0.5) is 5.69 Å². The van der Waals surface area contributed by atoms with Crippen molar-refractivity contribution in [3.63, 3.8) is 0 Å². The van der Waals surface area contributed by atoms with Gasteiger partial charge in [-0.15, -0.1) is 0 Å². The van der Waals surface area contributed by atoms with E-state index in [1.807, 2.05) is 0 Å². The number of ether oxygens (including phenoxy) is 2. The number of fused-ring (bicyclic) bond motifs is 1. The third-order valence-corrected chi connectivity index (χ3v) is 7.35. The van der Waals surface area contributed by atoms with Crippen LogP contribution in [-0.2, 0) is 14.3 Å². The van der Waals surface area contributed by atoms with Gasteiger partial charge in [-0.2, -0.15) is 0 Å². The van der Waals surface area contributed by atoms with Crippen LogP contribution in [0.3, 0.4) is 0 Å². The summed E-state index contributed by atoms with van der Waals surface area (Å²) in [5.41, 5.74) is 7.31. The molecular weight excluding hydrogens is 511 g/mol. The van der Waals surface area contributed by atoms with Gasteiger partial charge in [-0.05, 0) is 36.3 Å². The zero-order valence-corrected chi connectivity index (χ0v) is 21.0. The Morgan fingerprint density at radius 1 is 1.09 bits per heavy atom. The summed E-state index contributed by atoms with van der Waals surface area (Å²) in [6, 6.07) is 13.8. The molecule has 0 spiro atoms. The fourth-order valence-corrected chi connectivity index (χ4v) is 5.58. The predicted octanol–water partition coefficient (Wildman–Crippen LogP) is 3.79. The molecule has 180 valence electrons. The quantitative estimate of drug-likeness (QED) is 0.500. The summed E-state index contributed by atoms with van der Waals surface area (Å²) in [6.07, 6.45) is 1.62. The van der Waals surface area contributed by atoms with E-state index in [0.717, 1.165) is 16.3 Å². The van der Waals surface area contributed by atoms with Crippen LogP contribution in [-0.4, -0.2) is 36.1 Å². The third-order valence-electron chi connectivity index (χ3n) is 5.38. The van der Waals surface area contributed by atoms with E-state index in [4.69, 9.17) is 38.4 Å². The molecule has 1 atom stereocenters. The molecule has 1 unspecified atom stereocenters. The number of nitrogen functional groups attached to an aromatic ring is 1. The molecule has 2 N–H and O–H groups in total. The fraction of sp³-hybridized carbons (Fsp3) is 0.160. The van der Waals surface area contributed by atoms with E-state index in [9.17, 15) is 14.4 Å². The number of nitrogens with zero attached hydrogens (tertiary/aromatic N) is 1. The molecule has 0 aliphatic carbocycles. The first-order valence-electron chi connectivity index (χ1n) is 10.5. The van der Waals surface area contributed by atoms with Gasteiger partial charge in [0.1, 0.15) is 10.2 Å². The Labute approximate surface area is 215 Å². The number of thioether (sulfide) groups is 1. The van der Waals surface area contributed by atoms with Gasteiger partial charge in [0.15, 0.2) is 5.69 Å². The summed E-state index contributed by atoms with van der Waals surface area (Å²) in [4.78, 5) is 39.9. The lowest BCUT2D eigenvalue weighted by Crippen LogP contribution is -2.42. The van der Waals surface area contributed by atoms with E-state index < -0.39 is 23.1 Å². The molecule has 1 aliphatic heterocycles. The largest absolute Gasteiger partial charge is 0.465 e. The maximum absolute atomic E-state index is 13.9. The molecule has 2 aromatic carbocycles. The smallest absolute Gasteiger partial charge is 0.357 e. The van der Waals surface area contributed by atoms with Gasteiger partial charge in [0.25, 0.3) is 0 Å². The van der Waals surface area contributed by atoms with Gasteiger partial charge in [0.2, 0.25) is 5.91 Å². The van der Waals surface area contributed by atoms with Crippen LogP contribution in [0.5, 0.6) is 0 Å². The topological polar surface area (TPSA) is 101 Å². The van der Waals surface area contributed by atoms with Gasteiger partial charge in [-0.1, -0.05) is 71.4 Å². The zero-order valence-electron chi connectivity index (χ0n) is 18.7. The van der Waals surface area contributed by atoms with Crippen LogP contribution >= 0.6 is 35.0 Å². The Kier molecular flexibility index (Phi) is 7.25. The molecule has 10 heteroatoms. The molecule has 3 aromatic rings. The number of halogens is 2. The Balaban J connectivity index is 2.14. The van der Waals surface area contributed by atoms with Gasteiger partial charge in [0, 0.05) is 15.3 Å². The van der Waals surface area contributed by atoms with Crippen LogP contribution in [0.2, 0.25) is 10.0 Å². The highest BCUT2D eigenvalue weighted by atomic mass is 35.5. The molecule has 35 heavy (non-hydrogen) atoms. The fourth-order valence-electron chi connectivity index (χ4n) is 3.81. The molecule has 0 fully saturated rings. The molecule has 1 aliphatic rings. The molecular formula is C25H20Cl2N2O5S. The van der Waals surface area contributed by atoms with Crippen molar-refractivity contribution in [3.05, 3.63) is 86.0 Å². The van der Waals surface area contributed by atoms with Crippen LogP contribution < -0.4 is 16.3 Å². The molecule has 1 aromatic heterocycles. The second kappa shape index (κ2) is 10.2. The van der Waals surface area contributed by atoms with E-state index in [1.54, 1.807) is 61.5 Å². The first-order valence-corrected chi connectivity index (χ1v) is 12.1. The minimum Gasteiger partial charge on any atom is -0.465 e. The molecule has 0 radical (unpaired) electrons. The summed E-state index contributed by atoms with van der Waals surface area (Å²) in [7, 11) is 1.23. The number of aromatic nitrogens is 1. The van der Waals surface area contributed by atoms with E-state index in [0.29, 0.717) is 21.2 Å². The second-order valence-electron chi connectivity index (χ2n) is 7.42. The van der Waals surface area contributed by atoms with Crippen LogP contribution in [0.15, 0.2) is 48.5 Å². The summed E-state index contributed by atoms with van der Waals surface area (Å²) in [5.74, 6) is -1.99. The monoisotopic (exact) mass is 530 g/mol. The van der Waals surface area contributed by atoms with Crippen LogP contribution in [0.1, 0.15) is 38.6 Å². The van der Waals surface area contributed by atoms with E-state index in [1.165, 1.54) is 7.11 Å². The standard InChI is InChI=1S/C25H20Cl2N2O5S/c1-3-34-24(31)20-18(28)15(12-13-8-4-6-10-16(13)26)19-22(25(32)33-2)35-21(23(30)29(19)20)14-9-5-7-11-17(14)27/h4-12,21H,3,28H2,1-2H3/b15-12+. The number of rotatable bonds is 5. The molecule has 7 nitrogen and oxygen atoms in total. The summed E-state index contributed by atoms with van der Waals surface area (Å²) >= 11 is 13.7. The lowest BCUT2D eigenvalue weighted by atomic mass is 10.1. The molecule has 2 heterocycles. The van der Waals surface area contributed by atoms with Crippen molar-refractivity contribution in [2.24, 2.45) is 0 Å². The zero-order chi connectivity index (χ0) is 25.3. The number of hydrogen-bond donors (Lipinski definition) is 1. The van der Waals surface area contributed by atoms with Gasteiger partial charge >= 0.3 is 11.9 Å². The Bertz CT molecular complexity index is 1480. The summed E-state index contributed by atoms with van der Waals surface area (Å²) in [5, 5.41) is 0.244. The Morgan fingerprint density at radius 2 is 1.74 bits per heavy atom. The molecule has 0 bridgehead atoms. The van der Waals surface area contributed by atoms with Crippen molar-refractivity contribution >= 4 is 69.5 Å². The average Bonchev–Trinajstić information content (AvgIpc) is 3.13. The average molecular weight is 531 g/mol. The number of benzene rings is 2. The van der Waals surface area contributed by atoms with E-state index in [-0.39, 0.29) is 33.5 Å². The van der Waals surface area contributed by atoms with Gasteiger partial charge in [0.05, 0.1) is 24.8 Å². The summed E-state index contributed by atoms with van der Waals surface area (Å²) in [6.45, 7) is 1.70. The van der Waals surface area contributed by atoms with Crippen LogP contribution in [0.25, 0.3) is 11.0 Å². The first kappa shape index (κ1) is 24.9. The SMILES string of the molecule is CCOC(=O)c1c(N)/c(=C\c2ccccc2Cl)c2n1C(=O)C(c1ccccc1Cl)SC=2C(=O)OC. The number of carbonyl (C=O) groups excluding carboxylic acids is 3.